The molecule has 2 aromatic rings. The fraction of sp³-hybridized carbons (Fsp3) is 0.381. The van der Waals surface area contributed by atoms with Crippen LogP contribution in [0.1, 0.15) is 24.0 Å². The first-order valence-electron chi connectivity index (χ1n) is 8.94. The lowest BCUT2D eigenvalue weighted by Gasteiger charge is -2.43. The zero-order valence-corrected chi connectivity index (χ0v) is 14.5. The summed E-state index contributed by atoms with van der Waals surface area (Å²) in [6, 6.07) is 19.9. The number of fused-ring (bicyclic) bond motifs is 2. The molecule has 5 nitrogen and oxygen atoms in total. The van der Waals surface area contributed by atoms with Crippen molar-refractivity contribution in [3.8, 4) is 0 Å². The van der Waals surface area contributed by atoms with E-state index in [1.54, 1.807) is 0 Å². The summed E-state index contributed by atoms with van der Waals surface area (Å²) in [5.74, 6) is -0.235. The number of carbonyl (C=O) groups is 1. The van der Waals surface area contributed by atoms with Crippen LogP contribution >= 0.6 is 0 Å². The van der Waals surface area contributed by atoms with Gasteiger partial charge >= 0.3 is 5.97 Å². The molecule has 2 heterocycles. The highest BCUT2D eigenvalue weighted by molar-refractivity contribution is 5.70. The molecule has 2 fully saturated rings. The number of hydrogen-bond donors (Lipinski definition) is 0. The van der Waals surface area contributed by atoms with Gasteiger partial charge in [0.25, 0.3) is 0 Å². The first-order valence-corrected chi connectivity index (χ1v) is 8.94. The Balaban J connectivity index is 1.45. The van der Waals surface area contributed by atoms with Crippen LogP contribution in [0.3, 0.4) is 0 Å². The molecule has 0 unspecified atom stereocenters. The van der Waals surface area contributed by atoms with E-state index in [4.69, 9.17) is 18.9 Å². The van der Waals surface area contributed by atoms with E-state index in [9.17, 15) is 4.79 Å². The van der Waals surface area contributed by atoms with Gasteiger partial charge in [0.1, 0.15) is 6.10 Å². The lowest BCUT2D eigenvalue weighted by Crippen LogP contribution is -2.55. The van der Waals surface area contributed by atoms with Gasteiger partial charge in [-0.15, -0.1) is 0 Å². The molecule has 0 radical (unpaired) electrons. The lowest BCUT2D eigenvalue weighted by atomic mass is 9.98. The van der Waals surface area contributed by atoms with E-state index in [2.05, 4.69) is 0 Å². The van der Waals surface area contributed by atoms with Gasteiger partial charge in [0, 0.05) is 6.42 Å². The molecule has 2 aliphatic heterocycles. The van der Waals surface area contributed by atoms with Crippen LogP contribution in [-0.2, 0) is 37.0 Å². The van der Waals surface area contributed by atoms with Crippen molar-refractivity contribution in [2.75, 3.05) is 0 Å². The zero-order chi connectivity index (χ0) is 17.8. The van der Waals surface area contributed by atoms with Gasteiger partial charge in [-0.1, -0.05) is 60.7 Å². The Kier molecular flexibility index (Phi) is 5.29. The number of hydrogen-bond acceptors (Lipinski definition) is 5. The quantitative estimate of drug-likeness (QED) is 0.746. The molecular weight excluding hydrogens is 332 g/mol. The summed E-state index contributed by atoms with van der Waals surface area (Å²) in [6.07, 6.45) is -0.612. The highest BCUT2D eigenvalue weighted by Gasteiger charge is 2.46. The number of ether oxygens (including phenoxy) is 4. The largest absolute Gasteiger partial charge is 0.433 e. The molecule has 0 aromatic heterocycles. The fourth-order valence-electron chi connectivity index (χ4n) is 3.37. The Bertz CT molecular complexity index is 718. The molecule has 0 spiro atoms. The van der Waals surface area contributed by atoms with Crippen molar-refractivity contribution in [2.45, 2.75) is 50.7 Å². The maximum atomic E-state index is 11.8. The summed E-state index contributed by atoms with van der Waals surface area (Å²) in [4.78, 5) is 11.8. The third-order valence-electron chi connectivity index (χ3n) is 4.69. The number of benzene rings is 2. The van der Waals surface area contributed by atoms with Gasteiger partial charge in [0.05, 0.1) is 31.8 Å². The van der Waals surface area contributed by atoms with Crippen LogP contribution in [0.2, 0.25) is 0 Å². The molecule has 26 heavy (non-hydrogen) atoms. The van der Waals surface area contributed by atoms with Gasteiger partial charge in [0.15, 0.2) is 0 Å². The van der Waals surface area contributed by atoms with E-state index in [0.29, 0.717) is 19.6 Å². The van der Waals surface area contributed by atoms with Crippen LogP contribution in [0.5, 0.6) is 0 Å². The van der Waals surface area contributed by atoms with Crippen molar-refractivity contribution in [2.24, 2.45) is 0 Å². The Labute approximate surface area is 152 Å². The second-order valence-electron chi connectivity index (χ2n) is 6.65. The van der Waals surface area contributed by atoms with Gasteiger partial charge in [0.2, 0.25) is 6.29 Å². The third kappa shape index (κ3) is 4.12. The van der Waals surface area contributed by atoms with E-state index in [1.165, 1.54) is 0 Å². The van der Waals surface area contributed by atoms with Gasteiger partial charge in [-0.05, 0) is 11.1 Å². The minimum absolute atomic E-state index is 0.168. The smallest absolute Gasteiger partial charge is 0.310 e. The second kappa shape index (κ2) is 7.99. The summed E-state index contributed by atoms with van der Waals surface area (Å²) in [5, 5.41) is 0. The first kappa shape index (κ1) is 17.2. The molecule has 2 saturated heterocycles. The van der Waals surface area contributed by atoms with Crippen molar-refractivity contribution in [1.29, 1.82) is 0 Å². The van der Waals surface area contributed by atoms with Crippen molar-refractivity contribution in [3.05, 3.63) is 71.8 Å². The lowest BCUT2D eigenvalue weighted by molar-refractivity contribution is -0.297. The third-order valence-corrected chi connectivity index (χ3v) is 4.69. The van der Waals surface area contributed by atoms with Crippen molar-refractivity contribution < 1.29 is 23.7 Å². The highest BCUT2D eigenvalue weighted by atomic mass is 16.7. The SMILES string of the molecule is O=C1C[C@@H]2C[C@H](OCc3ccccc3)[C@H](OCc3ccccc3)[C@H](O1)O2. The maximum Gasteiger partial charge on any atom is 0.310 e. The Morgan fingerprint density at radius 2 is 1.50 bits per heavy atom. The van der Waals surface area contributed by atoms with Crippen LogP contribution in [-0.4, -0.2) is 30.6 Å². The molecule has 0 saturated carbocycles. The van der Waals surface area contributed by atoms with Crippen LogP contribution in [0, 0.1) is 0 Å². The molecule has 2 aliphatic rings. The molecule has 0 N–H and O–H groups in total. The molecule has 5 heteroatoms. The molecule has 0 amide bonds. The topological polar surface area (TPSA) is 54.0 Å². The normalized spacial score (nSPS) is 27.8. The second-order valence-corrected chi connectivity index (χ2v) is 6.65. The van der Waals surface area contributed by atoms with Crippen LogP contribution < -0.4 is 0 Å². The van der Waals surface area contributed by atoms with E-state index in [1.807, 2.05) is 60.7 Å². The van der Waals surface area contributed by atoms with Crippen LogP contribution in [0.4, 0.5) is 0 Å². The average Bonchev–Trinajstić information content (AvgIpc) is 2.67. The number of rotatable bonds is 6. The highest BCUT2D eigenvalue weighted by Crippen LogP contribution is 2.32. The number of esters is 1. The molecular formula is C21H22O5. The summed E-state index contributed by atoms with van der Waals surface area (Å²) in [6.45, 7) is 0.906. The van der Waals surface area contributed by atoms with Gasteiger partial charge in [-0.2, -0.15) is 0 Å². The molecule has 2 bridgehead atoms. The molecule has 0 aliphatic carbocycles. The Morgan fingerprint density at radius 3 is 2.15 bits per heavy atom. The van der Waals surface area contributed by atoms with Crippen LogP contribution in [0.15, 0.2) is 60.7 Å². The molecule has 136 valence electrons. The van der Waals surface area contributed by atoms with Crippen LogP contribution in [0.25, 0.3) is 0 Å². The maximum absolute atomic E-state index is 11.8. The van der Waals surface area contributed by atoms with E-state index >= 15 is 0 Å². The summed E-state index contributed by atoms with van der Waals surface area (Å²) in [7, 11) is 0. The van der Waals surface area contributed by atoms with Gasteiger partial charge in [-0.25, -0.2) is 0 Å². The van der Waals surface area contributed by atoms with Crippen molar-refractivity contribution in [1.82, 2.24) is 0 Å². The van der Waals surface area contributed by atoms with E-state index < -0.39 is 12.4 Å². The van der Waals surface area contributed by atoms with E-state index in [-0.39, 0.29) is 24.6 Å². The van der Waals surface area contributed by atoms with Crippen molar-refractivity contribution in [3.63, 3.8) is 0 Å². The molecule has 4 rings (SSSR count). The fourth-order valence-corrected chi connectivity index (χ4v) is 3.37. The summed E-state index contributed by atoms with van der Waals surface area (Å²) in [5.41, 5.74) is 2.15. The first-order chi connectivity index (χ1) is 12.8. The average molecular weight is 354 g/mol. The minimum Gasteiger partial charge on any atom is -0.433 e. The molecule has 2 aromatic carbocycles. The minimum atomic E-state index is -0.709. The summed E-state index contributed by atoms with van der Waals surface area (Å²) < 4.78 is 23.4. The Morgan fingerprint density at radius 1 is 0.885 bits per heavy atom. The van der Waals surface area contributed by atoms with Gasteiger partial charge < -0.3 is 18.9 Å². The summed E-state index contributed by atoms with van der Waals surface area (Å²) >= 11 is 0. The number of carbonyl (C=O) groups excluding carboxylic acids is 1. The predicted molar refractivity (Wildman–Crippen MR) is 94.0 cm³/mol. The Hall–Kier alpha value is -2.21. The van der Waals surface area contributed by atoms with Gasteiger partial charge in [-0.3, -0.25) is 4.79 Å². The standard InChI is InChI=1S/C21H22O5/c22-19-12-17-11-18(23-13-15-7-3-1-4-8-15)20(21(25-17)26-19)24-14-16-9-5-2-6-10-16/h1-10,17-18,20-21H,11-14H2/t17-,18-,20-,21-/m0/s1. The van der Waals surface area contributed by atoms with E-state index in [0.717, 1.165) is 11.1 Å². The monoisotopic (exact) mass is 354 g/mol. The molecule has 4 atom stereocenters. The van der Waals surface area contributed by atoms with Crippen molar-refractivity contribution >= 4 is 5.97 Å². The zero-order valence-electron chi connectivity index (χ0n) is 14.5. The predicted octanol–water partition coefficient (Wildman–Crippen LogP) is 3.22.